The van der Waals surface area contributed by atoms with Crippen molar-refractivity contribution >= 4 is 15.9 Å². The second kappa shape index (κ2) is 5.02. The molecule has 5 heteroatoms. The highest BCUT2D eigenvalue weighted by Crippen LogP contribution is 2.36. The summed E-state index contributed by atoms with van der Waals surface area (Å²) in [6, 6.07) is 13.1. The average molecular weight is 317 g/mol. The Morgan fingerprint density at radius 3 is 2.00 bits per heavy atom. The van der Waals surface area contributed by atoms with Gasteiger partial charge in [0.1, 0.15) is 5.75 Å². The molecule has 0 aromatic heterocycles. The van der Waals surface area contributed by atoms with Gasteiger partial charge in [0.15, 0.2) is 0 Å². The summed E-state index contributed by atoms with van der Waals surface area (Å²) >= 11 is 3.31. The average Bonchev–Trinajstić information content (AvgIpc) is 2.29. The van der Waals surface area contributed by atoms with E-state index < -0.39 is 6.36 Å². The van der Waals surface area contributed by atoms with Crippen molar-refractivity contribution in [3.8, 4) is 16.9 Å². The van der Waals surface area contributed by atoms with Gasteiger partial charge in [0.25, 0.3) is 0 Å². The molecule has 0 aliphatic rings. The molecule has 0 atom stereocenters. The number of hydrogen-bond donors (Lipinski definition) is 0. The zero-order valence-electron chi connectivity index (χ0n) is 9.04. The Balaban J connectivity index is 2.49. The fourth-order valence-corrected chi connectivity index (χ4v) is 2.08. The van der Waals surface area contributed by atoms with Crippen molar-refractivity contribution in [2.24, 2.45) is 0 Å². The Morgan fingerprint density at radius 1 is 0.833 bits per heavy atom. The number of halogens is 4. The Labute approximate surface area is 110 Å². The van der Waals surface area contributed by atoms with Crippen LogP contribution in [0.1, 0.15) is 0 Å². The van der Waals surface area contributed by atoms with E-state index in [0.717, 1.165) is 0 Å². The lowest BCUT2D eigenvalue weighted by atomic mass is 10.1. The fraction of sp³-hybridized carbons (Fsp3) is 0.0769. The minimum absolute atomic E-state index is 0.211. The van der Waals surface area contributed by atoms with E-state index in [0.29, 0.717) is 15.6 Å². The molecular formula is C13H8BrF3O. The van der Waals surface area contributed by atoms with Gasteiger partial charge in [-0.3, -0.25) is 0 Å². The number of hydrogen-bond acceptors (Lipinski definition) is 1. The summed E-state index contributed by atoms with van der Waals surface area (Å²) in [5.74, 6) is -0.211. The van der Waals surface area contributed by atoms with Crippen LogP contribution >= 0.6 is 15.9 Å². The molecule has 0 aliphatic heterocycles. The minimum atomic E-state index is -4.70. The molecule has 0 saturated heterocycles. The van der Waals surface area contributed by atoms with Gasteiger partial charge in [0.05, 0.1) is 0 Å². The highest BCUT2D eigenvalue weighted by Gasteiger charge is 2.32. The molecule has 0 N–H and O–H groups in total. The van der Waals surface area contributed by atoms with E-state index >= 15 is 0 Å². The van der Waals surface area contributed by atoms with Gasteiger partial charge in [-0.1, -0.05) is 52.3 Å². The van der Waals surface area contributed by atoms with Crippen LogP contribution < -0.4 is 4.74 Å². The zero-order chi connectivity index (χ0) is 13.2. The molecule has 18 heavy (non-hydrogen) atoms. The number of alkyl halides is 3. The SMILES string of the molecule is FC(F)(F)Oc1ccccc1-c1ccccc1Br. The van der Waals surface area contributed by atoms with E-state index in [1.807, 2.05) is 0 Å². The van der Waals surface area contributed by atoms with E-state index in [4.69, 9.17) is 0 Å². The predicted octanol–water partition coefficient (Wildman–Crippen LogP) is 5.01. The van der Waals surface area contributed by atoms with Crippen molar-refractivity contribution in [1.29, 1.82) is 0 Å². The summed E-state index contributed by atoms with van der Waals surface area (Å²) in [6.07, 6.45) is -4.70. The van der Waals surface area contributed by atoms with Gasteiger partial charge in [-0.25, -0.2) is 0 Å². The number of rotatable bonds is 2. The highest BCUT2D eigenvalue weighted by molar-refractivity contribution is 9.10. The van der Waals surface area contributed by atoms with Gasteiger partial charge >= 0.3 is 6.36 Å². The largest absolute Gasteiger partial charge is 0.573 e. The first-order chi connectivity index (χ1) is 8.47. The van der Waals surface area contributed by atoms with Crippen LogP contribution in [0.5, 0.6) is 5.75 Å². The van der Waals surface area contributed by atoms with E-state index in [1.54, 1.807) is 36.4 Å². The van der Waals surface area contributed by atoms with Gasteiger partial charge in [0.2, 0.25) is 0 Å². The van der Waals surface area contributed by atoms with Gasteiger partial charge in [-0.2, -0.15) is 0 Å². The molecule has 2 aromatic rings. The predicted molar refractivity (Wildman–Crippen MR) is 66.3 cm³/mol. The summed E-state index contributed by atoms with van der Waals surface area (Å²) in [4.78, 5) is 0. The quantitative estimate of drug-likeness (QED) is 0.756. The van der Waals surface area contributed by atoms with Crippen molar-refractivity contribution in [3.05, 3.63) is 53.0 Å². The maximum Gasteiger partial charge on any atom is 0.573 e. The van der Waals surface area contributed by atoms with Crippen molar-refractivity contribution in [2.45, 2.75) is 6.36 Å². The fourth-order valence-electron chi connectivity index (χ4n) is 1.58. The van der Waals surface area contributed by atoms with Crippen LogP contribution in [-0.4, -0.2) is 6.36 Å². The minimum Gasteiger partial charge on any atom is -0.405 e. The van der Waals surface area contributed by atoms with E-state index in [-0.39, 0.29) is 5.75 Å². The molecule has 0 spiro atoms. The number of benzene rings is 2. The van der Waals surface area contributed by atoms with Crippen LogP contribution in [0.25, 0.3) is 11.1 Å². The topological polar surface area (TPSA) is 9.23 Å². The molecule has 0 heterocycles. The van der Waals surface area contributed by atoms with Crippen molar-refractivity contribution in [2.75, 3.05) is 0 Å². The molecule has 2 rings (SSSR count). The summed E-state index contributed by atoms with van der Waals surface area (Å²) < 4.78 is 41.6. The third-order valence-electron chi connectivity index (χ3n) is 2.28. The molecule has 0 bridgehead atoms. The van der Waals surface area contributed by atoms with Crippen LogP contribution in [0.4, 0.5) is 13.2 Å². The third-order valence-corrected chi connectivity index (χ3v) is 2.97. The lowest BCUT2D eigenvalue weighted by Crippen LogP contribution is -2.17. The first kappa shape index (κ1) is 13.0. The monoisotopic (exact) mass is 316 g/mol. The summed E-state index contributed by atoms with van der Waals surface area (Å²) in [6.45, 7) is 0. The van der Waals surface area contributed by atoms with E-state index in [2.05, 4.69) is 20.7 Å². The van der Waals surface area contributed by atoms with E-state index in [9.17, 15) is 13.2 Å². The molecule has 0 saturated carbocycles. The first-order valence-electron chi connectivity index (χ1n) is 5.07. The normalized spacial score (nSPS) is 11.3. The Hall–Kier alpha value is -1.49. The molecule has 0 radical (unpaired) electrons. The smallest absolute Gasteiger partial charge is 0.405 e. The molecule has 1 nitrogen and oxygen atoms in total. The summed E-state index contributed by atoms with van der Waals surface area (Å²) in [5, 5.41) is 0. The summed E-state index contributed by atoms with van der Waals surface area (Å²) in [5.41, 5.74) is 1.04. The van der Waals surface area contributed by atoms with Crippen molar-refractivity contribution in [3.63, 3.8) is 0 Å². The zero-order valence-corrected chi connectivity index (χ0v) is 10.6. The molecule has 94 valence electrons. The van der Waals surface area contributed by atoms with Crippen LogP contribution in [0.15, 0.2) is 53.0 Å². The second-order valence-corrected chi connectivity index (χ2v) is 4.38. The second-order valence-electron chi connectivity index (χ2n) is 3.52. The molecule has 0 aliphatic carbocycles. The highest BCUT2D eigenvalue weighted by atomic mass is 79.9. The maximum atomic E-state index is 12.3. The lowest BCUT2D eigenvalue weighted by Gasteiger charge is -2.14. The van der Waals surface area contributed by atoms with Gasteiger partial charge in [-0.05, 0) is 17.7 Å². The molecular weight excluding hydrogens is 309 g/mol. The first-order valence-corrected chi connectivity index (χ1v) is 5.86. The maximum absolute atomic E-state index is 12.3. The number of ether oxygens (including phenoxy) is 1. The molecule has 0 fully saturated rings. The number of para-hydroxylation sites is 1. The van der Waals surface area contributed by atoms with Crippen LogP contribution in [-0.2, 0) is 0 Å². The molecule has 2 aromatic carbocycles. The van der Waals surface area contributed by atoms with Gasteiger partial charge in [0, 0.05) is 10.0 Å². The van der Waals surface area contributed by atoms with Crippen molar-refractivity contribution in [1.82, 2.24) is 0 Å². The molecule has 0 unspecified atom stereocenters. The Kier molecular flexibility index (Phi) is 3.61. The van der Waals surface area contributed by atoms with Crippen LogP contribution in [0, 0.1) is 0 Å². The Morgan fingerprint density at radius 2 is 1.39 bits per heavy atom. The molecule has 0 amide bonds. The van der Waals surface area contributed by atoms with Gasteiger partial charge in [-0.15, -0.1) is 13.2 Å². The van der Waals surface area contributed by atoms with Gasteiger partial charge < -0.3 is 4.74 Å². The van der Waals surface area contributed by atoms with Crippen molar-refractivity contribution < 1.29 is 17.9 Å². The third kappa shape index (κ3) is 3.04. The van der Waals surface area contributed by atoms with Crippen LogP contribution in [0.2, 0.25) is 0 Å². The van der Waals surface area contributed by atoms with E-state index in [1.165, 1.54) is 12.1 Å². The Bertz CT molecular complexity index is 552. The van der Waals surface area contributed by atoms with Crippen LogP contribution in [0.3, 0.4) is 0 Å². The standard InChI is InChI=1S/C13H8BrF3O/c14-11-7-3-1-5-9(11)10-6-2-4-8-12(10)18-13(15,16)17/h1-8H. The summed E-state index contributed by atoms with van der Waals surface area (Å²) in [7, 11) is 0. The lowest BCUT2D eigenvalue weighted by molar-refractivity contribution is -0.274.